The molecule has 2 rings (SSSR count). The van der Waals surface area contributed by atoms with Crippen molar-refractivity contribution in [1.82, 2.24) is 0 Å². The molecule has 0 bridgehead atoms. The Morgan fingerprint density at radius 1 is 0.963 bits per heavy atom. The zero-order valence-electron chi connectivity index (χ0n) is 17.9. The number of hydrogen-bond donors (Lipinski definition) is 0. The van der Waals surface area contributed by atoms with Crippen LogP contribution in [0.5, 0.6) is 5.75 Å². The minimum Gasteiger partial charge on any atom is -0.494 e. The summed E-state index contributed by atoms with van der Waals surface area (Å²) in [5, 5.41) is 0. The minimum atomic E-state index is 0.633. The lowest BCUT2D eigenvalue weighted by atomic mass is 9.71. The maximum absolute atomic E-state index is 5.89. The van der Waals surface area contributed by atoms with Crippen molar-refractivity contribution >= 4 is 0 Å². The van der Waals surface area contributed by atoms with Gasteiger partial charge >= 0.3 is 0 Å². The van der Waals surface area contributed by atoms with Crippen LogP contribution in [0.4, 0.5) is 0 Å². The molecule has 0 aromatic heterocycles. The lowest BCUT2D eigenvalue weighted by Gasteiger charge is -2.34. The van der Waals surface area contributed by atoms with E-state index >= 15 is 0 Å². The Kier molecular flexibility index (Phi) is 10.6. The van der Waals surface area contributed by atoms with Gasteiger partial charge < -0.3 is 4.74 Å². The molecule has 1 saturated carbocycles. The van der Waals surface area contributed by atoms with Gasteiger partial charge in [0.25, 0.3) is 0 Å². The molecule has 1 nitrogen and oxygen atoms in total. The third-order valence-electron chi connectivity index (χ3n) is 6.42. The summed E-state index contributed by atoms with van der Waals surface area (Å²) < 4.78 is 5.89. The number of ether oxygens (including phenoxy) is 1. The number of allylic oxidation sites excluding steroid dienone is 1. The van der Waals surface area contributed by atoms with Crippen molar-refractivity contribution in [2.45, 2.75) is 96.8 Å². The molecule has 1 aromatic rings. The van der Waals surface area contributed by atoms with Crippen LogP contribution in [0, 0.1) is 11.8 Å². The van der Waals surface area contributed by atoms with Gasteiger partial charge in [0.05, 0.1) is 6.61 Å². The molecule has 0 spiro atoms. The molecule has 1 aromatic carbocycles. The highest BCUT2D eigenvalue weighted by Crippen LogP contribution is 2.41. The lowest BCUT2D eigenvalue weighted by Crippen LogP contribution is -2.20. The molecule has 1 fully saturated rings. The van der Waals surface area contributed by atoms with E-state index in [9.17, 15) is 0 Å². The van der Waals surface area contributed by atoms with Crippen LogP contribution < -0.4 is 4.74 Å². The summed E-state index contributed by atoms with van der Waals surface area (Å²) in [5.74, 6) is 3.46. The fraction of sp³-hybridized carbons (Fsp3) is 0.692. The molecule has 0 saturated heterocycles. The molecular weight excluding hydrogens is 328 g/mol. The second-order valence-electron chi connectivity index (χ2n) is 8.53. The molecular formula is C26H42O. The molecule has 1 aliphatic carbocycles. The van der Waals surface area contributed by atoms with E-state index in [1.165, 1.54) is 69.8 Å². The van der Waals surface area contributed by atoms with Crippen LogP contribution in [0.1, 0.15) is 102 Å². The Bertz CT molecular complexity index is 495. The van der Waals surface area contributed by atoms with E-state index in [0.29, 0.717) is 5.92 Å². The maximum Gasteiger partial charge on any atom is 0.119 e. The number of rotatable bonds is 13. The Morgan fingerprint density at radius 2 is 1.63 bits per heavy atom. The van der Waals surface area contributed by atoms with Gasteiger partial charge in [-0.3, -0.25) is 0 Å². The summed E-state index contributed by atoms with van der Waals surface area (Å²) in [6.45, 7) is 9.41. The molecule has 1 heteroatoms. The van der Waals surface area contributed by atoms with Crippen molar-refractivity contribution in [2.24, 2.45) is 11.8 Å². The van der Waals surface area contributed by atoms with Crippen molar-refractivity contribution in [3.05, 3.63) is 42.5 Å². The van der Waals surface area contributed by atoms with Crippen LogP contribution >= 0.6 is 0 Å². The first kappa shape index (κ1) is 22.1. The van der Waals surface area contributed by atoms with E-state index in [1.807, 2.05) is 0 Å². The molecule has 0 heterocycles. The van der Waals surface area contributed by atoms with E-state index in [-0.39, 0.29) is 0 Å². The van der Waals surface area contributed by atoms with E-state index in [1.54, 1.807) is 0 Å². The molecule has 0 N–H and O–H groups in total. The van der Waals surface area contributed by atoms with Gasteiger partial charge in [-0.15, -0.1) is 6.58 Å². The molecule has 27 heavy (non-hydrogen) atoms. The Morgan fingerprint density at radius 3 is 2.26 bits per heavy atom. The molecule has 152 valence electrons. The van der Waals surface area contributed by atoms with Gasteiger partial charge in [-0.25, -0.2) is 0 Å². The molecule has 0 amide bonds. The second-order valence-corrected chi connectivity index (χ2v) is 8.53. The number of hydrogen-bond acceptors (Lipinski definition) is 1. The van der Waals surface area contributed by atoms with Gasteiger partial charge in [0, 0.05) is 0 Å². The lowest BCUT2D eigenvalue weighted by molar-refractivity contribution is 0.230. The van der Waals surface area contributed by atoms with Gasteiger partial charge in [0.2, 0.25) is 0 Å². The smallest absolute Gasteiger partial charge is 0.119 e. The zero-order valence-corrected chi connectivity index (χ0v) is 17.9. The Hall–Kier alpha value is -1.24. The van der Waals surface area contributed by atoms with Crippen LogP contribution in [0.15, 0.2) is 36.9 Å². The van der Waals surface area contributed by atoms with Gasteiger partial charge in [-0.2, -0.15) is 0 Å². The van der Waals surface area contributed by atoms with Crippen LogP contribution in [-0.2, 0) is 0 Å². The Balaban J connectivity index is 1.86. The van der Waals surface area contributed by atoms with Crippen LogP contribution in [0.3, 0.4) is 0 Å². The van der Waals surface area contributed by atoms with E-state index < -0.39 is 0 Å². The van der Waals surface area contributed by atoms with E-state index in [4.69, 9.17) is 4.74 Å². The SMILES string of the molecule is C=CCC(c1ccc(OCCCCC)cc1)C1CCC(CCCCC)CC1. The topological polar surface area (TPSA) is 9.23 Å². The average molecular weight is 371 g/mol. The van der Waals surface area contributed by atoms with Gasteiger partial charge in [-0.1, -0.05) is 83.4 Å². The normalized spacial score (nSPS) is 21.0. The van der Waals surface area contributed by atoms with Crippen LogP contribution in [0.25, 0.3) is 0 Å². The summed E-state index contributed by atoms with van der Waals surface area (Å²) in [6.07, 6.45) is 18.1. The quantitative estimate of drug-likeness (QED) is 0.250. The average Bonchev–Trinajstić information content (AvgIpc) is 2.71. The fourth-order valence-electron chi connectivity index (χ4n) is 4.70. The highest BCUT2D eigenvalue weighted by atomic mass is 16.5. The second kappa shape index (κ2) is 13.0. The highest BCUT2D eigenvalue weighted by Gasteiger charge is 2.27. The fourth-order valence-corrected chi connectivity index (χ4v) is 4.70. The van der Waals surface area contributed by atoms with Gasteiger partial charge in [0.15, 0.2) is 0 Å². The first-order valence-corrected chi connectivity index (χ1v) is 11.6. The minimum absolute atomic E-state index is 0.633. The molecule has 0 radical (unpaired) electrons. The molecule has 0 aliphatic heterocycles. The van der Waals surface area contributed by atoms with Crippen LogP contribution in [0.2, 0.25) is 0 Å². The Labute approximate surface area is 168 Å². The van der Waals surface area contributed by atoms with Crippen molar-refractivity contribution in [3.63, 3.8) is 0 Å². The number of benzene rings is 1. The zero-order chi connectivity index (χ0) is 19.3. The predicted octanol–water partition coefficient (Wildman–Crippen LogP) is 8.30. The standard InChI is InChI=1S/C26H42O/c1-4-7-9-12-22-13-15-23(16-14-22)26(11-6-3)24-17-19-25(20-18-24)27-21-10-8-5-2/h6,17-20,22-23,26H,3-5,7-16,21H2,1-2H3. The van der Waals surface area contributed by atoms with Crippen LogP contribution in [-0.4, -0.2) is 6.61 Å². The van der Waals surface area contributed by atoms with Crippen molar-refractivity contribution in [1.29, 1.82) is 0 Å². The summed E-state index contributed by atoms with van der Waals surface area (Å²) in [4.78, 5) is 0. The maximum atomic E-state index is 5.89. The van der Waals surface area contributed by atoms with Gasteiger partial charge in [0.1, 0.15) is 5.75 Å². The summed E-state index contributed by atoms with van der Waals surface area (Å²) >= 11 is 0. The van der Waals surface area contributed by atoms with Crippen molar-refractivity contribution in [3.8, 4) is 5.75 Å². The summed E-state index contributed by atoms with van der Waals surface area (Å²) in [6, 6.07) is 8.95. The summed E-state index contributed by atoms with van der Waals surface area (Å²) in [5.41, 5.74) is 1.48. The van der Waals surface area contributed by atoms with E-state index in [0.717, 1.165) is 37.0 Å². The highest BCUT2D eigenvalue weighted by molar-refractivity contribution is 5.30. The third kappa shape index (κ3) is 7.72. The molecule has 1 atom stereocenters. The van der Waals surface area contributed by atoms with E-state index in [2.05, 4.69) is 50.8 Å². The monoisotopic (exact) mass is 370 g/mol. The molecule has 1 aliphatic rings. The van der Waals surface area contributed by atoms with Crippen molar-refractivity contribution in [2.75, 3.05) is 6.61 Å². The van der Waals surface area contributed by atoms with Crippen molar-refractivity contribution < 1.29 is 4.74 Å². The first-order valence-electron chi connectivity index (χ1n) is 11.6. The largest absolute Gasteiger partial charge is 0.494 e. The first-order chi connectivity index (χ1) is 13.3. The number of unbranched alkanes of at least 4 members (excludes halogenated alkanes) is 4. The predicted molar refractivity (Wildman–Crippen MR) is 119 cm³/mol. The van der Waals surface area contributed by atoms with Gasteiger partial charge in [-0.05, 0) is 61.1 Å². The third-order valence-corrected chi connectivity index (χ3v) is 6.42. The summed E-state index contributed by atoms with van der Waals surface area (Å²) in [7, 11) is 0. The molecule has 1 unspecified atom stereocenters.